The van der Waals surface area contributed by atoms with Gasteiger partial charge in [-0.3, -0.25) is 19.2 Å². The molecule has 0 spiro atoms. The largest absolute Gasteiger partial charge is 0.456 e. The van der Waals surface area contributed by atoms with E-state index < -0.39 is 53.8 Å². The molecule has 12 heteroatoms. The molecule has 0 aromatic rings. The molecule has 0 aromatic carbocycles. The maximum absolute atomic E-state index is 13.0. The lowest BCUT2D eigenvalue weighted by Crippen LogP contribution is -2.57. The average Bonchev–Trinajstić information content (AvgIpc) is 2.81. The first-order valence-electron chi connectivity index (χ1n) is 11.9. The molecular weight excluding hydrogens is 504 g/mol. The van der Waals surface area contributed by atoms with Gasteiger partial charge < -0.3 is 26.0 Å². The number of cyclic esters (lactones) is 1. The highest BCUT2D eigenvalue weighted by atomic mass is 32.1. The van der Waals surface area contributed by atoms with Crippen LogP contribution in [0.15, 0.2) is 23.9 Å². The second kappa shape index (κ2) is 15.6. The fraction of sp³-hybridized carbons (Fsp3) is 0.625. The van der Waals surface area contributed by atoms with Crippen molar-refractivity contribution in [1.29, 1.82) is 0 Å². The van der Waals surface area contributed by atoms with E-state index in [0.717, 1.165) is 0 Å². The first kappa shape index (κ1) is 31.6. The molecule has 1 aliphatic rings. The third-order valence-corrected chi connectivity index (χ3v) is 6.00. The third-order valence-electron chi connectivity index (χ3n) is 5.38. The van der Waals surface area contributed by atoms with E-state index in [4.69, 9.17) is 4.74 Å². The van der Waals surface area contributed by atoms with Crippen LogP contribution in [-0.2, 0) is 28.7 Å². The summed E-state index contributed by atoms with van der Waals surface area (Å²) in [5, 5.41) is 10.3. The SMILES string of the molecule is C/C=C1/NC(=O)[C@H](CS)NC(=O)[C@@H](C(C)C)NC(=O)C[C@H](/C=C\CCS)OC(=O)[C@H](C(C)C)NC1=O. The zero-order valence-corrected chi connectivity index (χ0v) is 23.2. The number of esters is 1. The zero-order valence-electron chi connectivity index (χ0n) is 21.4. The molecule has 1 heterocycles. The number of nitrogens with one attached hydrogen (secondary N) is 4. The van der Waals surface area contributed by atoms with E-state index >= 15 is 0 Å². The Morgan fingerprint density at radius 2 is 1.58 bits per heavy atom. The van der Waals surface area contributed by atoms with Crippen LogP contribution in [0.5, 0.6) is 0 Å². The van der Waals surface area contributed by atoms with E-state index in [9.17, 15) is 24.0 Å². The first-order chi connectivity index (χ1) is 16.9. The van der Waals surface area contributed by atoms with E-state index in [1.807, 2.05) is 0 Å². The van der Waals surface area contributed by atoms with Gasteiger partial charge in [-0.2, -0.15) is 25.3 Å². The topological polar surface area (TPSA) is 143 Å². The number of carbonyl (C=O) groups is 5. The van der Waals surface area contributed by atoms with Gasteiger partial charge in [0.05, 0.1) is 6.42 Å². The summed E-state index contributed by atoms with van der Waals surface area (Å²) in [5.41, 5.74) is -0.0921. The lowest BCUT2D eigenvalue weighted by atomic mass is 10.0. The lowest BCUT2D eigenvalue weighted by molar-refractivity contribution is -0.153. The molecule has 0 aliphatic carbocycles. The summed E-state index contributed by atoms with van der Waals surface area (Å²) >= 11 is 8.31. The number of ether oxygens (including phenoxy) is 1. The molecule has 0 saturated carbocycles. The first-order valence-corrected chi connectivity index (χ1v) is 13.2. The second-order valence-corrected chi connectivity index (χ2v) is 9.85. The lowest BCUT2D eigenvalue weighted by Gasteiger charge is -2.27. The highest BCUT2D eigenvalue weighted by Gasteiger charge is 2.33. The minimum absolute atomic E-state index is 0.0477. The van der Waals surface area contributed by atoms with Crippen LogP contribution in [0.2, 0.25) is 0 Å². The summed E-state index contributed by atoms with van der Waals surface area (Å²) in [4.78, 5) is 64.5. The minimum Gasteiger partial charge on any atom is -0.456 e. The van der Waals surface area contributed by atoms with Crippen LogP contribution in [0.25, 0.3) is 0 Å². The van der Waals surface area contributed by atoms with E-state index in [1.54, 1.807) is 46.8 Å². The Bertz CT molecular complexity index is 875. The Hall–Kier alpha value is -2.47. The maximum Gasteiger partial charge on any atom is 0.329 e. The summed E-state index contributed by atoms with van der Waals surface area (Å²) in [6.07, 6.45) is 4.16. The van der Waals surface area contributed by atoms with Gasteiger partial charge in [-0.05, 0) is 37.0 Å². The van der Waals surface area contributed by atoms with Gasteiger partial charge >= 0.3 is 5.97 Å². The molecule has 1 rings (SSSR count). The summed E-state index contributed by atoms with van der Waals surface area (Å²) < 4.78 is 5.59. The summed E-state index contributed by atoms with van der Waals surface area (Å²) in [7, 11) is 0. The molecule has 1 fully saturated rings. The van der Waals surface area contributed by atoms with Crippen LogP contribution in [0, 0.1) is 11.8 Å². The highest BCUT2D eigenvalue weighted by molar-refractivity contribution is 7.80. The zero-order chi connectivity index (χ0) is 27.4. The van der Waals surface area contributed by atoms with Crippen molar-refractivity contribution < 1.29 is 28.7 Å². The van der Waals surface area contributed by atoms with E-state index in [0.29, 0.717) is 12.2 Å². The fourth-order valence-electron chi connectivity index (χ4n) is 3.30. The van der Waals surface area contributed by atoms with Crippen LogP contribution in [-0.4, -0.2) is 65.3 Å². The van der Waals surface area contributed by atoms with Gasteiger partial charge in [0.1, 0.15) is 29.9 Å². The molecule has 0 unspecified atom stereocenters. The summed E-state index contributed by atoms with van der Waals surface area (Å²) in [6.45, 7) is 8.51. The Morgan fingerprint density at radius 3 is 2.11 bits per heavy atom. The molecule has 202 valence electrons. The van der Waals surface area contributed by atoms with Crippen LogP contribution >= 0.6 is 25.3 Å². The molecule has 0 bridgehead atoms. The van der Waals surface area contributed by atoms with Gasteiger partial charge in [0, 0.05) is 5.75 Å². The van der Waals surface area contributed by atoms with Crippen LogP contribution in [0.4, 0.5) is 0 Å². The van der Waals surface area contributed by atoms with Gasteiger partial charge in [0.25, 0.3) is 5.91 Å². The average molecular weight is 543 g/mol. The molecular formula is C24H38N4O6S2. The predicted octanol–water partition coefficient (Wildman–Crippen LogP) is 0.894. The quantitative estimate of drug-likeness (QED) is 0.127. The third kappa shape index (κ3) is 9.88. The van der Waals surface area contributed by atoms with E-state index in [2.05, 4.69) is 46.5 Å². The predicted molar refractivity (Wildman–Crippen MR) is 143 cm³/mol. The van der Waals surface area contributed by atoms with Crippen LogP contribution in [0.1, 0.15) is 47.5 Å². The standard InChI is InChI=1S/C24H38N4O6S2/c1-6-16-21(30)28-20(14(4)5)24(33)34-15(9-7-8-10-35)11-18(29)27-19(13(2)3)23(32)26-17(12-36)22(31)25-16/h6-7,9,13-15,17,19-20,35-36H,8,10-12H2,1-5H3,(H,25,31)(H,26,32)(H,27,29)(H,28,30)/b9-7-,16-6+/t15-,17-,19+,20-/m0/s1. The van der Waals surface area contributed by atoms with Gasteiger partial charge in [-0.1, -0.05) is 39.8 Å². The molecule has 4 N–H and O–H groups in total. The van der Waals surface area contributed by atoms with E-state index in [-0.39, 0.29) is 29.7 Å². The molecule has 4 atom stereocenters. The molecule has 0 radical (unpaired) electrons. The Labute approximate surface area is 223 Å². The van der Waals surface area contributed by atoms with Gasteiger partial charge in [0.2, 0.25) is 17.7 Å². The fourth-order valence-corrected chi connectivity index (χ4v) is 3.70. The molecule has 36 heavy (non-hydrogen) atoms. The number of allylic oxidation sites excluding steroid dienone is 2. The smallest absolute Gasteiger partial charge is 0.329 e. The number of amides is 4. The van der Waals surface area contributed by atoms with Crippen molar-refractivity contribution in [2.75, 3.05) is 11.5 Å². The second-order valence-electron chi connectivity index (χ2n) is 9.04. The van der Waals surface area contributed by atoms with Crippen molar-refractivity contribution in [3.8, 4) is 0 Å². The van der Waals surface area contributed by atoms with Crippen LogP contribution in [0.3, 0.4) is 0 Å². The number of thiol groups is 2. The number of rotatable bonds is 6. The van der Waals surface area contributed by atoms with Gasteiger partial charge in [-0.25, -0.2) is 4.79 Å². The van der Waals surface area contributed by atoms with Crippen molar-refractivity contribution >= 4 is 54.9 Å². The highest BCUT2D eigenvalue weighted by Crippen LogP contribution is 2.12. The van der Waals surface area contributed by atoms with Crippen molar-refractivity contribution in [3.63, 3.8) is 0 Å². The normalized spacial score (nSPS) is 26.6. The maximum atomic E-state index is 13.0. The van der Waals surface area contributed by atoms with Crippen molar-refractivity contribution in [2.24, 2.45) is 11.8 Å². The Morgan fingerprint density at radius 1 is 0.944 bits per heavy atom. The van der Waals surface area contributed by atoms with Crippen molar-refractivity contribution in [3.05, 3.63) is 23.9 Å². The molecule has 10 nitrogen and oxygen atoms in total. The summed E-state index contributed by atoms with van der Waals surface area (Å²) in [5.74, 6) is -3.32. The number of carbonyl (C=O) groups excluding carboxylic acids is 5. The van der Waals surface area contributed by atoms with E-state index in [1.165, 1.54) is 6.08 Å². The monoisotopic (exact) mass is 542 g/mol. The molecule has 4 amide bonds. The molecule has 1 saturated heterocycles. The number of hydrogen-bond acceptors (Lipinski definition) is 8. The minimum atomic E-state index is -1.07. The summed E-state index contributed by atoms with van der Waals surface area (Å²) in [6, 6.07) is -3.06. The Kier molecular flexibility index (Phi) is 13.7. The number of hydrogen-bond donors (Lipinski definition) is 6. The Balaban J connectivity index is 3.43. The molecule has 0 aromatic heterocycles. The van der Waals surface area contributed by atoms with Crippen molar-refractivity contribution in [2.45, 2.75) is 71.7 Å². The van der Waals surface area contributed by atoms with Crippen LogP contribution < -0.4 is 21.3 Å². The van der Waals surface area contributed by atoms with Gasteiger partial charge in [0.15, 0.2) is 0 Å². The van der Waals surface area contributed by atoms with Crippen molar-refractivity contribution in [1.82, 2.24) is 21.3 Å². The molecule has 1 aliphatic heterocycles. The van der Waals surface area contributed by atoms with Gasteiger partial charge in [-0.15, -0.1) is 0 Å².